The predicted molar refractivity (Wildman–Crippen MR) is 122 cm³/mol. The Bertz CT molecular complexity index is 920. The fourth-order valence-electron chi connectivity index (χ4n) is 2.78. The van der Waals surface area contributed by atoms with E-state index in [2.05, 4.69) is 39.7 Å². The molecule has 0 spiro atoms. The summed E-state index contributed by atoms with van der Waals surface area (Å²) >= 11 is 0. The molecule has 144 valence electrons. The van der Waals surface area contributed by atoms with Crippen molar-refractivity contribution in [2.45, 2.75) is 20.0 Å². The van der Waals surface area contributed by atoms with Crippen LogP contribution in [0.2, 0.25) is 0 Å². The number of halogens is 1. The summed E-state index contributed by atoms with van der Waals surface area (Å²) in [5.74, 6) is 2.59. The lowest BCUT2D eigenvalue weighted by Crippen LogP contribution is -2.36. The molecule has 0 radical (unpaired) electrons. The van der Waals surface area contributed by atoms with E-state index in [4.69, 9.17) is 4.42 Å². The van der Waals surface area contributed by atoms with Crippen LogP contribution in [-0.2, 0) is 13.1 Å². The minimum absolute atomic E-state index is 0. The summed E-state index contributed by atoms with van der Waals surface area (Å²) in [5.41, 5.74) is 3.22. The van der Waals surface area contributed by atoms with Gasteiger partial charge in [-0.3, -0.25) is 4.99 Å². The molecule has 0 unspecified atom stereocenters. The smallest absolute Gasteiger partial charge is 0.191 e. The van der Waals surface area contributed by atoms with E-state index in [1.165, 1.54) is 0 Å². The first kappa shape index (κ1) is 21.0. The quantitative estimate of drug-likeness (QED) is 0.332. The maximum absolute atomic E-state index is 5.94. The molecular formula is C20H26IN5O. The van der Waals surface area contributed by atoms with Crippen molar-refractivity contribution in [1.29, 1.82) is 0 Å². The molecule has 27 heavy (non-hydrogen) atoms. The summed E-state index contributed by atoms with van der Waals surface area (Å²) in [5, 5.41) is 7.79. The molecular weight excluding hydrogens is 453 g/mol. The molecule has 0 bridgehead atoms. The topological polar surface area (TPSA) is 65.7 Å². The van der Waals surface area contributed by atoms with Gasteiger partial charge in [-0.2, -0.15) is 0 Å². The first-order valence-electron chi connectivity index (χ1n) is 8.62. The molecule has 3 aromatic rings. The third-order valence-corrected chi connectivity index (χ3v) is 4.31. The summed E-state index contributed by atoms with van der Waals surface area (Å²) in [6.45, 7) is 3.33. The van der Waals surface area contributed by atoms with Gasteiger partial charge in [0, 0.05) is 44.8 Å². The van der Waals surface area contributed by atoms with Crippen LogP contribution in [0.1, 0.15) is 16.9 Å². The van der Waals surface area contributed by atoms with Crippen LogP contribution in [0.5, 0.6) is 0 Å². The number of aryl methyl sites for hydroxylation is 1. The summed E-state index contributed by atoms with van der Waals surface area (Å²) < 4.78 is 5.94. The Balaban J connectivity index is 0.00000261. The lowest BCUT2D eigenvalue weighted by molar-refractivity contribution is 0.534. The number of aliphatic imine (C=N–C) groups is 1. The molecule has 0 amide bonds. The van der Waals surface area contributed by atoms with Crippen molar-refractivity contribution in [3.05, 3.63) is 59.5 Å². The number of hydrogen-bond donors (Lipinski definition) is 2. The van der Waals surface area contributed by atoms with Crippen molar-refractivity contribution >= 4 is 46.7 Å². The molecule has 2 N–H and O–H groups in total. The van der Waals surface area contributed by atoms with Crippen LogP contribution in [0.15, 0.2) is 52.0 Å². The number of anilines is 1. The fourth-order valence-corrected chi connectivity index (χ4v) is 2.78. The number of furan rings is 1. The van der Waals surface area contributed by atoms with Crippen LogP contribution in [0.25, 0.3) is 11.0 Å². The highest BCUT2D eigenvalue weighted by molar-refractivity contribution is 14.0. The van der Waals surface area contributed by atoms with E-state index in [1.807, 2.05) is 49.5 Å². The number of nitrogens with one attached hydrogen (secondary N) is 2. The van der Waals surface area contributed by atoms with Gasteiger partial charge >= 0.3 is 0 Å². The van der Waals surface area contributed by atoms with Gasteiger partial charge in [0.15, 0.2) is 5.96 Å². The van der Waals surface area contributed by atoms with Crippen LogP contribution in [-0.4, -0.2) is 32.1 Å². The summed E-state index contributed by atoms with van der Waals surface area (Å²) in [6.07, 6.45) is 1.82. The van der Waals surface area contributed by atoms with Crippen molar-refractivity contribution < 1.29 is 4.42 Å². The van der Waals surface area contributed by atoms with Crippen LogP contribution >= 0.6 is 24.0 Å². The van der Waals surface area contributed by atoms with Gasteiger partial charge in [-0.25, -0.2) is 4.98 Å². The minimum atomic E-state index is 0. The van der Waals surface area contributed by atoms with E-state index < -0.39 is 0 Å². The van der Waals surface area contributed by atoms with E-state index in [9.17, 15) is 0 Å². The molecule has 2 aromatic heterocycles. The molecule has 0 saturated heterocycles. The maximum atomic E-state index is 5.94. The highest BCUT2D eigenvalue weighted by Gasteiger charge is 2.10. The molecule has 0 saturated carbocycles. The van der Waals surface area contributed by atoms with Crippen LogP contribution < -0.4 is 15.5 Å². The average molecular weight is 479 g/mol. The lowest BCUT2D eigenvalue weighted by atomic mass is 10.1. The van der Waals surface area contributed by atoms with Gasteiger partial charge in [-0.1, -0.05) is 18.2 Å². The highest BCUT2D eigenvalue weighted by atomic mass is 127. The summed E-state index contributed by atoms with van der Waals surface area (Å²) in [4.78, 5) is 10.6. The normalized spacial score (nSPS) is 11.2. The van der Waals surface area contributed by atoms with E-state index in [0.717, 1.165) is 39.6 Å². The molecule has 3 rings (SSSR count). The molecule has 1 aromatic carbocycles. The number of pyridine rings is 1. The van der Waals surface area contributed by atoms with Crippen molar-refractivity contribution in [2.75, 3.05) is 26.0 Å². The van der Waals surface area contributed by atoms with Crippen molar-refractivity contribution in [3.63, 3.8) is 0 Å². The van der Waals surface area contributed by atoms with Gasteiger partial charge in [-0.05, 0) is 30.7 Å². The van der Waals surface area contributed by atoms with Crippen LogP contribution in [0.3, 0.4) is 0 Å². The largest absolute Gasteiger partial charge is 0.459 e. The second-order valence-electron chi connectivity index (χ2n) is 6.34. The number of rotatable bonds is 5. The number of aromatic nitrogens is 1. The monoisotopic (exact) mass is 479 g/mol. The molecule has 0 atom stereocenters. The van der Waals surface area contributed by atoms with E-state index in [1.54, 1.807) is 7.05 Å². The van der Waals surface area contributed by atoms with Crippen molar-refractivity contribution in [1.82, 2.24) is 15.6 Å². The highest BCUT2D eigenvalue weighted by Crippen LogP contribution is 2.24. The SMILES string of the molecule is CN=C(NCc1ccnc(N(C)C)c1)NCc1oc2ccccc2c1C.I. The minimum Gasteiger partial charge on any atom is -0.459 e. The third kappa shape index (κ3) is 5.12. The molecule has 0 aliphatic heterocycles. The Kier molecular flexibility index (Phi) is 7.46. The summed E-state index contributed by atoms with van der Waals surface area (Å²) in [6, 6.07) is 12.1. The van der Waals surface area contributed by atoms with Gasteiger partial charge in [0.2, 0.25) is 0 Å². The molecule has 0 aliphatic carbocycles. The first-order chi connectivity index (χ1) is 12.6. The lowest BCUT2D eigenvalue weighted by Gasteiger charge is -2.14. The van der Waals surface area contributed by atoms with Crippen molar-refractivity contribution in [2.24, 2.45) is 4.99 Å². The predicted octanol–water partition coefficient (Wildman–Crippen LogP) is 3.69. The van der Waals surface area contributed by atoms with Crippen LogP contribution in [0.4, 0.5) is 5.82 Å². The van der Waals surface area contributed by atoms with Crippen molar-refractivity contribution in [3.8, 4) is 0 Å². The number of hydrogen-bond acceptors (Lipinski definition) is 4. The number of fused-ring (bicyclic) bond motifs is 1. The van der Waals surface area contributed by atoms with E-state index in [0.29, 0.717) is 13.1 Å². The standard InChI is InChI=1S/C20H25N5O.HI/c1-14-16-7-5-6-8-17(16)26-18(14)13-24-20(21-2)23-12-15-9-10-22-19(11-15)25(3)4;/h5-11H,12-13H2,1-4H3,(H2,21,23,24);1H. The summed E-state index contributed by atoms with van der Waals surface area (Å²) in [7, 11) is 5.73. The average Bonchev–Trinajstić information content (AvgIpc) is 2.98. The number of benzene rings is 1. The zero-order valence-corrected chi connectivity index (χ0v) is 18.4. The number of guanidine groups is 1. The van der Waals surface area contributed by atoms with Gasteiger partial charge in [-0.15, -0.1) is 24.0 Å². The molecule has 7 heteroatoms. The number of para-hydroxylation sites is 1. The van der Waals surface area contributed by atoms with E-state index >= 15 is 0 Å². The molecule has 6 nitrogen and oxygen atoms in total. The van der Waals surface area contributed by atoms with Crippen LogP contribution in [0, 0.1) is 6.92 Å². The third-order valence-electron chi connectivity index (χ3n) is 4.31. The Morgan fingerprint density at radius 3 is 2.59 bits per heavy atom. The maximum Gasteiger partial charge on any atom is 0.191 e. The molecule has 0 fully saturated rings. The number of nitrogens with zero attached hydrogens (tertiary/aromatic N) is 3. The van der Waals surface area contributed by atoms with Gasteiger partial charge < -0.3 is 20.0 Å². The second-order valence-corrected chi connectivity index (χ2v) is 6.34. The Labute approximate surface area is 177 Å². The van der Waals surface area contributed by atoms with Gasteiger partial charge in [0.1, 0.15) is 17.2 Å². The first-order valence-corrected chi connectivity index (χ1v) is 8.62. The van der Waals surface area contributed by atoms with Gasteiger partial charge in [0.05, 0.1) is 6.54 Å². The Morgan fingerprint density at radius 1 is 1.15 bits per heavy atom. The zero-order valence-electron chi connectivity index (χ0n) is 16.1. The Morgan fingerprint density at radius 2 is 1.89 bits per heavy atom. The fraction of sp³-hybridized carbons (Fsp3) is 0.300. The molecule has 2 heterocycles. The second kappa shape index (κ2) is 9.59. The zero-order chi connectivity index (χ0) is 18.5. The molecule has 0 aliphatic rings. The Hall–Kier alpha value is -2.29. The van der Waals surface area contributed by atoms with E-state index in [-0.39, 0.29) is 24.0 Å². The van der Waals surface area contributed by atoms with Gasteiger partial charge in [0.25, 0.3) is 0 Å².